The standard InChI is InChI=1S/C15H14NO/c1-2-12(11-17)14-8-9-16-15(10-14)13-6-4-3-5-7-13/h3-12H,1-2H2. The minimum Gasteiger partial charge on any atom is -0.303 e. The van der Waals surface area contributed by atoms with Gasteiger partial charge in [-0.15, -0.1) is 0 Å². The maximum absolute atomic E-state index is 10.9. The summed E-state index contributed by atoms with van der Waals surface area (Å²) in [4.78, 5) is 15.2. The van der Waals surface area contributed by atoms with Gasteiger partial charge in [0.25, 0.3) is 0 Å². The number of hydrogen-bond donors (Lipinski definition) is 0. The average Bonchev–Trinajstić information content (AvgIpc) is 2.42. The molecule has 0 saturated heterocycles. The van der Waals surface area contributed by atoms with Crippen molar-refractivity contribution in [2.75, 3.05) is 0 Å². The molecule has 1 atom stereocenters. The minimum atomic E-state index is -0.138. The Morgan fingerprint density at radius 3 is 2.65 bits per heavy atom. The summed E-state index contributed by atoms with van der Waals surface area (Å²) < 4.78 is 0. The molecule has 2 aromatic rings. The molecular weight excluding hydrogens is 210 g/mol. The molecule has 2 rings (SSSR count). The van der Waals surface area contributed by atoms with Crippen LogP contribution in [0.2, 0.25) is 0 Å². The van der Waals surface area contributed by atoms with Crippen LogP contribution in [0, 0.1) is 6.92 Å². The quantitative estimate of drug-likeness (QED) is 0.746. The number of pyridine rings is 1. The first-order valence-corrected chi connectivity index (χ1v) is 5.61. The molecule has 0 bridgehead atoms. The van der Waals surface area contributed by atoms with Crippen LogP contribution in [-0.2, 0) is 4.79 Å². The van der Waals surface area contributed by atoms with E-state index in [4.69, 9.17) is 0 Å². The van der Waals surface area contributed by atoms with Crippen molar-refractivity contribution in [3.63, 3.8) is 0 Å². The summed E-state index contributed by atoms with van der Waals surface area (Å²) in [6.07, 6.45) is 3.25. The second-order valence-electron chi connectivity index (χ2n) is 3.87. The zero-order chi connectivity index (χ0) is 12.1. The van der Waals surface area contributed by atoms with Crippen molar-refractivity contribution in [1.29, 1.82) is 0 Å². The summed E-state index contributed by atoms with van der Waals surface area (Å²) in [5.41, 5.74) is 2.93. The maximum Gasteiger partial charge on any atom is 0.127 e. The number of nitrogens with zero attached hydrogens (tertiary/aromatic N) is 1. The van der Waals surface area contributed by atoms with Gasteiger partial charge < -0.3 is 4.79 Å². The summed E-state index contributed by atoms with van der Waals surface area (Å²) in [6.45, 7) is 3.78. The van der Waals surface area contributed by atoms with Crippen LogP contribution >= 0.6 is 0 Å². The van der Waals surface area contributed by atoms with Crippen molar-refractivity contribution in [3.05, 3.63) is 61.1 Å². The Hall–Kier alpha value is -1.96. The largest absolute Gasteiger partial charge is 0.303 e. The molecule has 0 N–H and O–H groups in total. The van der Waals surface area contributed by atoms with Crippen LogP contribution in [0.5, 0.6) is 0 Å². The van der Waals surface area contributed by atoms with Gasteiger partial charge in [-0.2, -0.15) is 0 Å². The Balaban J connectivity index is 2.38. The van der Waals surface area contributed by atoms with E-state index in [1.807, 2.05) is 42.5 Å². The van der Waals surface area contributed by atoms with Crippen LogP contribution in [0.15, 0.2) is 48.7 Å². The summed E-state index contributed by atoms with van der Waals surface area (Å²) >= 11 is 0. The second-order valence-corrected chi connectivity index (χ2v) is 3.87. The highest BCUT2D eigenvalue weighted by atomic mass is 16.1. The third-order valence-electron chi connectivity index (χ3n) is 2.76. The molecule has 2 heteroatoms. The van der Waals surface area contributed by atoms with E-state index in [0.717, 1.165) is 23.1 Å². The summed E-state index contributed by atoms with van der Waals surface area (Å²) in [5, 5.41) is 0. The molecule has 2 nitrogen and oxygen atoms in total. The van der Waals surface area contributed by atoms with E-state index in [1.54, 1.807) is 6.20 Å². The molecule has 1 unspecified atom stereocenters. The topological polar surface area (TPSA) is 30.0 Å². The third-order valence-corrected chi connectivity index (χ3v) is 2.76. The van der Waals surface area contributed by atoms with Crippen LogP contribution in [0.3, 0.4) is 0 Å². The Morgan fingerprint density at radius 1 is 1.24 bits per heavy atom. The first kappa shape index (κ1) is 11.5. The normalized spacial score (nSPS) is 12.1. The second kappa shape index (κ2) is 5.39. The van der Waals surface area contributed by atoms with Gasteiger partial charge >= 0.3 is 0 Å². The van der Waals surface area contributed by atoms with E-state index < -0.39 is 0 Å². The van der Waals surface area contributed by atoms with Crippen molar-refractivity contribution in [3.8, 4) is 11.3 Å². The zero-order valence-corrected chi connectivity index (χ0v) is 9.54. The predicted octanol–water partition coefficient (Wildman–Crippen LogP) is 3.26. The maximum atomic E-state index is 10.9. The molecule has 0 aliphatic rings. The Labute approximate surface area is 101 Å². The fourth-order valence-electron chi connectivity index (χ4n) is 1.76. The van der Waals surface area contributed by atoms with E-state index in [2.05, 4.69) is 11.9 Å². The SMILES string of the molecule is [CH2]CC(C=O)c1ccnc(-c2ccccc2)c1. The lowest BCUT2D eigenvalue weighted by Gasteiger charge is -2.09. The molecule has 1 radical (unpaired) electrons. The molecule has 17 heavy (non-hydrogen) atoms. The zero-order valence-electron chi connectivity index (χ0n) is 9.54. The van der Waals surface area contributed by atoms with E-state index in [0.29, 0.717) is 6.42 Å². The van der Waals surface area contributed by atoms with Crippen LogP contribution in [-0.4, -0.2) is 11.3 Å². The average molecular weight is 224 g/mol. The summed E-state index contributed by atoms with van der Waals surface area (Å²) in [6, 6.07) is 13.8. The van der Waals surface area contributed by atoms with E-state index >= 15 is 0 Å². The van der Waals surface area contributed by atoms with Crippen LogP contribution < -0.4 is 0 Å². The molecule has 0 spiro atoms. The van der Waals surface area contributed by atoms with Gasteiger partial charge in [-0.1, -0.05) is 37.3 Å². The van der Waals surface area contributed by atoms with Crippen LogP contribution in [0.25, 0.3) is 11.3 Å². The number of aldehydes is 1. The highest BCUT2D eigenvalue weighted by Crippen LogP contribution is 2.22. The Bertz CT molecular complexity index is 493. The third kappa shape index (κ3) is 2.59. The van der Waals surface area contributed by atoms with Crippen LogP contribution in [0.4, 0.5) is 0 Å². The summed E-state index contributed by atoms with van der Waals surface area (Å²) in [7, 11) is 0. The molecule has 0 aliphatic heterocycles. The molecule has 0 amide bonds. The van der Waals surface area contributed by atoms with Crippen molar-refractivity contribution >= 4 is 6.29 Å². The van der Waals surface area contributed by atoms with Gasteiger partial charge in [0, 0.05) is 17.7 Å². The first-order valence-electron chi connectivity index (χ1n) is 5.61. The predicted molar refractivity (Wildman–Crippen MR) is 68.5 cm³/mol. The van der Waals surface area contributed by atoms with Gasteiger partial charge in [-0.3, -0.25) is 4.98 Å². The number of aromatic nitrogens is 1. The van der Waals surface area contributed by atoms with Gasteiger partial charge in [0.15, 0.2) is 0 Å². The highest BCUT2D eigenvalue weighted by molar-refractivity contribution is 5.65. The fraction of sp³-hybridized carbons (Fsp3) is 0.133. The lowest BCUT2D eigenvalue weighted by atomic mass is 9.97. The van der Waals surface area contributed by atoms with Gasteiger partial charge in [0.05, 0.1) is 5.69 Å². The van der Waals surface area contributed by atoms with Crippen molar-refractivity contribution < 1.29 is 4.79 Å². The Morgan fingerprint density at radius 2 is 2.00 bits per heavy atom. The number of benzene rings is 1. The van der Waals surface area contributed by atoms with Gasteiger partial charge in [-0.05, 0) is 24.1 Å². The molecule has 1 heterocycles. The number of carbonyl (C=O) groups excluding carboxylic acids is 1. The van der Waals surface area contributed by atoms with Crippen molar-refractivity contribution in [2.24, 2.45) is 0 Å². The van der Waals surface area contributed by atoms with Gasteiger partial charge in [-0.25, -0.2) is 0 Å². The molecular formula is C15H14NO. The molecule has 0 aliphatic carbocycles. The van der Waals surface area contributed by atoms with E-state index in [-0.39, 0.29) is 5.92 Å². The monoisotopic (exact) mass is 224 g/mol. The molecule has 1 aromatic heterocycles. The van der Waals surface area contributed by atoms with E-state index in [9.17, 15) is 4.79 Å². The molecule has 85 valence electrons. The minimum absolute atomic E-state index is 0.138. The number of rotatable bonds is 4. The number of carbonyl (C=O) groups is 1. The first-order chi connectivity index (χ1) is 8.35. The smallest absolute Gasteiger partial charge is 0.127 e. The molecule has 0 saturated carbocycles. The van der Waals surface area contributed by atoms with Crippen molar-refractivity contribution in [2.45, 2.75) is 12.3 Å². The van der Waals surface area contributed by atoms with E-state index in [1.165, 1.54) is 0 Å². The van der Waals surface area contributed by atoms with Gasteiger partial charge in [0.1, 0.15) is 6.29 Å². The lowest BCUT2D eigenvalue weighted by molar-refractivity contribution is -0.109. The number of hydrogen-bond acceptors (Lipinski definition) is 2. The Kier molecular flexibility index (Phi) is 3.66. The van der Waals surface area contributed by atoms with Crippen molar-refractivity contribution in [1.82, 2.24) is 4.98 Å². The molecule has 1 aromatic carbocycles. The molecule has 0 fully saturated rings. The van der Waals surface area contributed by atoms with Crippen LogP contribution in [0.1, 0.15) is 17.9 Å². The fourth-order valence-corrected chi connectivity index (χ4v) is 1.76. The lowest BCUT2D eigenvalue weighted by Crippen LogP contribution is -1.99. The summed E-state index contributed by atoms with van der Waals surface area (Å²) in [5.74, 6) is -0.138. The highest BCUT2D eigenvalue weighted by Gasteiger charge is 2.09. The van der Waals surface area contributed by atoms with Gasteiger partial charge in [0.2, 0.25) is 0 Å².